The fourth-order valence-electron chi connectivity index (χ4n) is 2.41. The van der Waals surface area contributed by atoms with Crippen LogP contribution >= 0.6 is 0 Å². The van der Waals surface area contributed by atoms with Crippen molar-refractivity contribution in [3.8, 4) is 0 Å². The first-order valence-electron chi connectivity index (χ1n) is 6.24. The normalized spacial score (nSPS) is 30.4. The number of primary sulfonamides is 1. The van der Waals surface area contributed by atoms with Gasteiger partial charge in [0.05, 0.1) is 17.5 Å². The molecular weight excluding hydrogens is 242 g/mol. The van der Waals surface area contributed by atoms with Gasteiger partial charge in [0.15, 0.2) is 0 Å². The van der Waals surface area contributed by atoms with Crippen LogP contribution in [0.2, 0.25) is 0 Å². The van der Waals surface area contributed by atoms with Gasteiger partial charge in [-0.15, -0.1) is 0 Å². The highest BCUT2D eigenvalue weighted by atomic mass is 32.2. The molecule has 0 heterocycles. The average molecular weight is 265 g/mol. The monoisotopic (exact) mass is 265 g/mol. The van der Waals surface area contributed by atoms with Crippen LogP contribution in [0.15, 0.2) is 0 Å². The third kappa shape index (κ3) is 5.33. The van der Waals surface area contributed by atoms with Gasteiger partial charge in [-0.3, -0.25) is 0 Å². The summed E-state index contributed by atoms with van der Waals surface area (Å²) >= 11 is 0. The van der Waals surface area contributed by atoms with Crippen LogP contribution in [0.25, 0.3) is 0 Å². The molecule has 0 spiro atoms. The Balaban J connectivity index is 2.21. The van der Waals surface area contributed by atoms with E-state index in [0.717, 1.165) is 19.3 Å². The summed E-state index contributed by atoms with van der Waals surface area (Å²) in [6.07, 6.45) is 5.09. The maximum Gasteiger partial charge on any atom is 0.209 e. The smallest absolute Gasteiger partial charge is 0.209 e. The molecule has 1 aliphatic carbocycles. The summed E-state index contributed by atoms with van der Waals surface area (Å²) < 4.78 is 21.4. The van der Waals surface area contributed by atoms with Crippen LogP contribution in [0.4, 0.5) is 0 Å². The first-order valence-corrected chi connectivity index (χ1v) is 7.96. The molecule has 0 radical (unpaired) electrons. The Kier molecular flexibility index (Phi) is 5.37. The summed E-state index contributed by atoms with van der Waals surface area (Å²) in [6, 6.07) is 0. The Labute approximate surface area is 103 Å². The van der Waals surface area contributed by atoms with E-state index >= 15 is 0 Å². The second-order valence-electron chi connectivity index (χ2n) is 5.04. The molecule has 2 unspecified atom stereocenters. The fraction of sp³-hybridized carbons (Fsp3) is 1.00. The summed E-state index contributed by atoms with van der Waals surface area (Å²) in [5.41, 5.74) is -0.958. The number of sulfonamides is 1. The maximum atomic E-state index is 10.7. The molecule has 0 saturated heterocycles. The van der Waals surface area contributed by atoms with E-state index in [2.05, 4.69) is 0 Å². The summed E-state index contributed by atoms with van der Waals surface area (Å²) in [4.78, 5) is 0. The van der Waals surface area contributed by atoms with Crippen LogP contribution in [-0.4, -0.2) is 36.1 Å². The van der Waals surface area contributed by atoms with Crippen molar-refractivity contribution >= 4 is 10.0 Å². The standard InChI is InChI=1S/C11H23NO4S/c12-17(15,16)9-5-1-3-7-11(14)8-4-2-6-10(11)13/h10,13-14H,1-9H2,(H2,12,15,16). The molecule has 2 atom stereocenters. The minimum Gasteiger partial charge on any atom is -0.390 e. The fourth-order valence-corrected chi connectivity index (χ4v) is 3.01. The van der Waals surface area contributed by atoms with Crippen molar-refractivity contribution in [3.05, 3.63) is 0 Å². The quantitative estimate of drug-likeness (QED) is 0.609. The van der Waals surface area contributed by atoms with E-state index in [0.29, 0.717) is 32.1 Å². The van der Waals surface area contributed by atoms with E-state index in [1.165, 1.54) is 0 Å². The van der Waals surface area contributed by atoms with E-state index in [1.54, 1.807) is 0 Å². The Morgan fingerprint density at radius 3 is 2.53 bits per heavy atom. The first-order chi connectivity index (χ1) is 7.83. The third-order valence-corrected chi connectivity index (χ3v) is 4.35. The number of aliphatic hydroxyl groups excluding tert-OH is 1. The van der Waals surface area contributed by atoms with E-state index in [9.17, 15) is 18.6 Å². The Morgan fingerprint density at radius 1 is 1.24 bits per heavy atom. The Morgan fingerprint density at radius 2 is 1.94 bits per heavy atom. The molecule has 102 valence electrons. The summed E-state index contributed by atoms with van der Waals surface area (Å²) in [5.74, 6) is -0.00597. The van der Waals surface area contributed by atoms with Crippen LogP contribution in [0.5, 0.6) is 0 Å². The average Bonchev–Trinajstić information content (AvgIpc) is 2.21. The number of rotatable bonds is 6. The van der Waals surface area contributed by atoms with E-state index in [4.69, 9.17) is 5.14 Å². The van der Waals surface area contributed by atoms with Crippen molar-refractivity contribution < 1.29 is 18.6 Å². The van der Waals surface area contributed by atoms with Crippen LogP contribution in [0, 0.1) is 0 Å². The van der Waals surface area contributed by atoms with Crippen molar-refractivity contribution in [1.29, 1.82) is 0 Å². The predicted molar refractivity (Wildman–Crippen MR) is 65.9 cm³/mol. The molecule has 0 bridgehead atoms. The molecule has 0 aromatic heterocycles. The molecule has 0 aromatic carbocycles. The molecule has 5 nitrogen and oxygen atoms in total. The number of hydrogen-bond acceptors (Lipinski definition) is 4. The van der Waals surface area contributed by atoms with E-state index < -0.39 is 21.7 Å². The zero-order valence-corrected chi connectivity index (χ0v) is 11.0. The van der Waals surface area contributed by atoms with Gasteiger partial charge in [0, 0.05) is 0 Å². The lowest BCUT2D eigenvalue weighted by Gasteiger charge is -2.37. The molecule has 1 rings (SSSR count). The van der Waals surface area contributed by atoms with Gasteiger partial charge in [0.2, 0.25) is 10.0 Å². The SMILES string of the molecule is NS(=O)(=O)CCCCCC1(O)CCCCC1O. The number of unbranched alkanes of at least 4 members (excludes halogenated alkanes) is 2. The summed E-state index contributed by atoms with van der Waals surface area (Å²) in [5, 5.41) is 24.8. The number of hydrogen-bond donors (Lipinski definition) is 3. The number of nitrogens with two attached hydrogens (primary N) is 1. The van der Waals surface area contributed by atoms with Gasteiger partial charge < -0.3 is 10.2 Å². The highest BCUT2D eigenvalue weighted by Gasteiger charge is 2.36. The molecular formula is C11H23NO4S. The van der Waals surface area contributed by atoms with Crippen LogP contribution in [0.1, 0.15) is 51.4 Å². The van der Waals surface area contributed by atoms with Crippen molar-refractivity contribution in [2.45, 2.75) is 63.1 Å². The van der Waals surface area contributed by atoms with Gasteiger partial charge >= 0.3 is 0 Å². The third-order valence-electron chi connectivity index (χ3n) is 3.50. The highest BCUT2D eigenvalue weighted by molar-refractivity contribution is 7.89. The van der Waals surface area contributed by atoms with Crippen molar-refractivity contribution in [2.24, 2.45) is 5.14 Å². The Bertz CT molecular complexity index is 330. The molecule has 0 amide bonds. The molecule has 0 aromatic rings. The minimum atomic E-state index is -3.37. The van der Waals surface area contributed by atoms with Crippen molar-refractivity contribution in [1.82, 2.24) is 0 Å². The highest BCUT2D eigenvalue weighted by Crippen LogP contribution is 2.32. The van der Waals surface area contributed by atoms with Gasteiger partial charge in [-0.1, -0.05) is 25.7 Å². The molecule has 0 aliphatic heterocycles. The minimum absolute atomic E-state index is 0.00597. The van der Waals surface area contributed by atoms with Gasteiger partial charge in [-0.2, -0.15) is 0 Å². The van der Waals surface area contributed by atoms with Gasteiger partial charge in [0.1, 0.15) is 0 Å². The molecule has 1 aliphatic rings. The van der Waals surface area contributed by atoms with E-state index in [1.807, 2.05) is 0 Å². The Hall–Kier alpha value is -0.170. The first kappa shape index (κ1) is 14.9. The lowest BCUT2D eigenvalue weighted by atomic mass is 9.79. The van der Waals surface area contributed by atoms with Crippen LogP contribution in [0.3, 0.4) is 0 Å². The lowest BCUT2D eigenvalue weighted by molar-refractivity contribution is -0.105. The summed E-state index contributed by atoms with van der Waals surface area (Å²) in [7, 11) is -3.37. The summed E-state index contributed by atoms with van der Waals surface area (Å²) in [6.45, 7) is 0. The second kappa shape index (κ2) is 6.13. The second-order valence-corrected chi connectivity index (χ2v) is 6.78. The topological polar surface area (TPSA) is 101 Å². The van der Waals surface area contributed by atoms with Gasteiger partial charge in [-0.25, -0.2) is 13.6 Å². The molecule has 1 saturated carbocycles. The predicted octanol–water partition coefficient (Wildman–Crippen LogP) is 0.501. The zero-order chi connectivity index (χ0) is 12.9. The van der Waals surface area contributed by atoms with Gasteiger partial charge in [-0.05, 0) is 25.7 Å². The number of aliphatic hydroxyl groups is 2. The van der Waals surface area contributed by atoms with Crippen LogP contribution in [-0.2, 0) is 10.0 Å². The molecule has 17 heavy (non-hydrogen) atoms. The molecule has 1 fully saturated rings. The van der Waals surface area contributed by atoms with Crippen molar-refractivity contribution in [3.63, 3.8) is 0 Å². The zero-order valence-electron chi connectivity index (χ0n) is 10.1. The molecule has 4 N–H and O–H groups in total. The largest absolute Gasteiger partial charge is 0.390 e. The lowest BCUT2D eigenvalue weighted by Crippen LogP contribution is -2.44. The molecule has 6 heteroatoms. The van der Waals surface area contributed by atoms with Gasteiger partial charge in [0.25, 0.3) is 0 Å². The van der Waals surface area contributed by atoms with Crippen molar-refractivity contribution in [2.75, 3.05) is 5.75 Å². The van der Waals surface area contributed by atoms with E-state index in [-0.39, 0.29) is 5.75 Å². The maximum absolute atomic E-state index is 10.7. The van der Waals surface area contributed by atoms with Crippen LogP contribution < -0.4 is 5.14 Å².